The van der Waals surface area contributed by atoms with E-state index in [0.717, 1.165) is 38.4 Å². The van der Waals surface area contributed by atoms with Gasteiger partial charge in [0.25, 0.3) is 0 Å². The highest BCUT2D eigenvalue weighted by atomic mass is 16.1. The summed E-state index contributed by atoms with van der Waals surface area (Å²) in [7, 11) is 0. The van der Waals surface area contributed by atoms with Crippen molar-refractivity contribution in [3.8, 4) is 0 Å². The Hall–Kier alpha value is -1.39. The molecule has 1 aromatic rings. The zero-order valence-corrected chi connectivity index (χ0v) is 14.9. The van der Waals surface area contributed by atoms with Gasteiger partial charge >= 0.3 is 0 Å². The first-order valence-electron chi connectivity index (χ1n) is 9.49. The van der Waals surface area contributed by atoms with Gasteiger partial charge in [-0.1, -0.05) is 31.2 Å². The molecule has 1 amide bonds. The lowest BCUT2D eigenvalue weighted by Gasteiger charge is -2.30. The van der Waals surface area contributed by atoms with Gasteiger partial charge in [-0.3, -0.25) is 9.69 Å². The van der Waals surface area contributed by atoms with Crippen LogP contribution in [0.4, 0.5) is 0 Å². The van der Waals surface area contributed by atoms with E-state index in [9.17, 15) is 4.79 Å². The van der Waals surface area contributed by atoms with Crippen molar-refractivity contribution in [3.63, 3.8) is 0 Å². The smallest absolute Gasteiger partial charge is 0.224 e. The molecule has 24 heavy (non-hydrogen) atoms. The lowest BCUT2D eigenvalue weighted by Crippen LogP contribution is -2.40. The maximum absolute atomic E-state index is 12.2. The quantitative estimate of drug-likeness (QED) is 0.872. The first-order chi connectivity index (χ1) is 11.7. The fourth-order valence-electron chi connectivity index (χ4n) is 3.86. The molecule has 0 aromatic heterocycles. The molecule has 132 valence electrons. The molecular weight excluding hydrogens is 298 g/mol. The van der Waals surface area contributed by atoms with E-state index in [1.54, 1.807) is 0 Å². The number of amides is 1. The molecule has 4 nitrogen and oxygen atoms in total. The lowest BCUT2D eigenvalue weighted by molar-refractivity contribution is -0.125. The molecule has 0 radical (unpaired) electrons. The largest absolute Gasteiger partial charge is 0.352 e. The van der Waals surface area contributed by atoms with Crippen molar-refractivity contribution in [1.82, 2.24) is 15.5 Å². The number of nitrogens with one attached hydrogen (secondary N) is 2. The van der Waals surface area contributed by atoms with Gasteiger partial charge < -0.3 is 10.6 Å². The van der Waals surface area contributed by atoms with E-state index in [-0.39, 0.29) is 11.8 Å². The molecule has 0 aliphatic carbocycles. The minimum atomic E-state index is 0.138. The molecule has 2 aliphatic heterocycles. The highest BCUT2D eigenvalue weighted by Gasteiger charge is 2.20. The second-order valence-electron chi connectivity index (χ2n) is 7.56. The summed E-state index contributed by atoms with van der Waals surface area (Å²) in [4.78, 5) is 14.7. The van der Waals surface area contributed by atoms with E-state index in [1.807, 2.05) is 0 Å². The Morgan fingerprint density at radius 3 is 2.71 bits per heavy atom. The van der Waals surface area contributed by atoms with Crippen LogP contribution in [-0.4, -0.2) is 37.0 Å². The molecule has 2 unspecified atom stereocenters. The van der Waals surface area contributed by atoms with Crippen molar-refractivity contribution in [2.75, 3.05) is 26.2 Å². The van der Waals surface area contributed by atoms with Gasteiger partial charge in [0.15, 0.2) is 0 Å². The molecule has 2 atom stereocenters. The van der Waals surface area contributed by atoms with Crippen molar-refractivity contribution >= 4 is 5.91 Å². The highest BCUT2D eigenvalue weighted by Crippen LogP contribution is 2.18. The predicted octanol–water partition coefficient (Wildman–Crippen LogP) is 2.53. The highest BCUT2D eigenvalue weighted by molar-refractivity contribution is 5.78. The van der Waals surface area contributed by atoms with E-state index in [1.165, 1.54) is 37.1 Å². The average molecular weight is 329 g/mol. The number of benzene rings is 1. The third kappa shape index (κ3) is 5.05. The number of likely N-dealkylation sites (tertiary alicyclic amines) is 1. The Labute approximate surface area is 146 Å². The van der Waals surface area contributed by atoms with E-state index in [2.05, 4.69) is 46.7 Å². The summed E-state index contributed by atoms with van der Waals surface area (Å²) in [5.41, 5.74) is 2.55. The Kier molecular flexibility index (Phi) is 6.27. The van der Waals surface area contributed by atoms with Gasteiger partial charge in [-0.25, -0.2) is 0 Å². The zero-order valence-electron chi connectivity index (χ0n) is 14.9. The van der Waals surface area contributed by atoms with Crippen LogP contribution in [0.3, 0.4) is 0 Å². The van der Waals surface area contributed by atoms with Crippen molar-refractivity contribution in [1.29, 1.82) is 0 Å². The number of rotatable bonds is 5. The van der Waals surface area contributed by atoms with Gasteiger partial charge in [-0.2, -0.15) is 0 Å². The molecule has 2 heterocycles. The normalized spacial score (nSPS) is 25.4. The molecule has 2 saturated heterocycles. The summed E-state index contributed by atoms with van der Waals surface area (Å²) in [6, 6.07) is 8.73. The molecule has 3 rings (SSSR count). The Balaban J connectivity index is 1.44. The minimum Gasteiger partial charge on any atom is -0.352 e. The summed E-state index contributed by atoms with van der Waals surface area (Å²) >= 11 is 0. The molecule has 2 N–H and O–H groups in total. The fraction of sp³-hybridized carbons (Fsp3) is 0.650. The second-order valence-corrected chi connectivity index (χ2v) is 7.56. The van der Waals surface area contributed by atoms with Gasteiger partial charge in [0.2, 0.25) is 5.91 Å². The van der Waals surface area contributed by atoms with E-state index >= 15 is 0 Å². The van der Waals surface area contributed by atoms with Crippen LogP contribution in [0.1, 0.15) is 43.7 Å². The van der Waals surface area contributed by atoms with Crippen molar-refractivity contribution in [3.05, 3.63) is 35.4 Å². The van der Waals surface area contributed by atoms with Crippen LogP contribution in [0, 0.1) is 11.8 Å². The molecular formula is C20H31N3O. The summed E-state index contributed by atoms with van der Waals surface area (Å²) in [5, 5.41) is 6.38. The van der Waals surface area contributed by atoms with E-state index in [4.69, 9.17) is 0 Å². The molecule has 0 saturated carbocycles. The van der Waals surface area contributed by atoms with Gasteiger partial charge in [-0.05, 0) is 55.8 Å². The molecule has 0 bridgehead atoms. The summed E-state index contributed by atoms with van der Waals surface area (Å²) in [5.74, 6) is 1.15. The van der Waals surface area contributed by atoms with Crippen LogP contribution in [0.2, 0.25) is 0 Å². The topological polar surface area (TPSA) is 44.4 Å². The maximum atomic E-state index is 12.2. The summed E-state index contributed by atoms with van der Waals surface area (Å²) < 4.78 is 0. The number of hydrogen-bond donors (Lipinski definition) is 2. The zero-order chi connectivity index (χ0) is 16.8. The Morgan fingerprint density at radius 2 is 2.00 bits per heavy atom. The van der Waals surface area contributed by atoms with Crippen LogP contribution >= 0.6 is 0 Å². The fourth-order valence-corrected chi connectivity index (χ4v) is 3.86. The number of nitrogens with zero attached hydrogens (tertiary/aromatic N) is 1. The van der Waals surface area contributed by atoms with Gasteiger partial charge in [0.05, 0.1) is 5.92 Å². The molecule has 1 aromatic carbocycles. The number of carbonyl (C=O) groups is 1. The van der Waals surface area contributed by atoms with Crippen LogP contribution in [0.25, 0.3) is 0 Å². The second kappa shape index (κ2) is 8.63. The number of hydrogen-bond acceptors (Lipinski definition) is 3. The minimum absolute atomic E-state index is 0.138. The summed E-state index contributed by atoms with van der Waals surface area (Å²) in [6.45, 7) is 8.33. The molecule has 4 heteroatoms. The number of piperidine rings is 2. The SMILES string of the molecule is CC1CCCN(Cc2ccc(CNC(=O)C3CCCNC3)cc2)C1. The first-order valence-corrected chi connectivity index (χ1v) is 9.49. The Morgan fingerprint density at radius 1 is 1.21 bits per heavy atom. The molecule has 2 aliphatic rings. The maximum Gasteiger partial charge on any atom is 0.224 e. The molecule has 0 spiro atoms. The standard InChI is InChI=1S/C20H31N3O/c1-16-4-3-11-23(14-16)15-18-8-6-17(7-9-18)12-22-20(24)19-5-2-10-21-13-19/h6-9,16,19,21H,2-5,10-15H2,1H3,(H,22,24). The van der Waals surface area contributed by atoms with E-state index in [0.29, 0.717) is 6.54 Å². The van der Waals surface area contributed by atoms with Crippen LogP contribution in [0.15, 0.2) is 24.3 Å². The van der Waals surface area contributed by atoms with Crippen molar-refractivity contribution < 1.29 is 4.79 Å². The van der Waals surface area contributed by atoms with Crippen LogP contribution in [0.5, 0.6) is 0 Å². The lowest BCUT2D eigenvalue weighted by atomic mass is 9.98. The van der Waals surface area contributed by atoms with E-state index < -0.39 is 0 Å². The van der Waals surface area contributed by atoms with Crippen LogP contribution in [-0.2, 0) is 17.9 Å². The van der Waals surface area contributed by atoms with Crippen LogP contribution < -0.4 is 10.6 Å². The first kappa shape index (κ1) is 17.4. The number of carbonyl (C=O) groups excluding carboxylic acids is 1. The molecule has 2 fully saturated rings. The van der Waals surface area contributed by atoms with Crippen molar-refractivity contribution in [2.24, 2.45) is 11.8 Å². The van der Waals surface area contributed by atoms with Gasteiger partial charge in [0, 0.05) is 26.2 Å². The monoisotopic (exact) mass is 329 g/mol. The average Bonchev–Trinajstić information content (AvgIpc) is 2.62. The third-order valence-electron chi connectivity index (χ3n) is 5.30. The van der Waals surface area contributed by atoms with Gasteiger partial charge in [0.1, 0.15) is 0 Å². The van der Waals surface area contributed by atoms with Crippen molar-refractivity contribution in [2.45, 2.75) is 45.7 Å². The summed E-state index contributed by atoms with van der Waals surface area (Å²) in [6.07, 6.45) is 4.79. The predicted molar refractivity (Wildman–Crippen MR) is 97.6 cm³/mol. The van der Waals surface area contributed by atoms with Gasteiger partial charge in [-0.15, -0.1) is 0 Å². The Bertz CT molecular complexity index is 522. The third-order valence-corrected chi connectivity index (χ3v) is 5.30.